The van der Waals surface area contributed by atoms with E-state index >= 15 is 0 Å². The number of carbonyl (C=O) groups excluding carboxylic acids is 2. The van der Waals surface area contributed by atoms with E-state index in [9.17, 15) is 24.3 Å². The van der Waals surface area contributed by atoms with Gasteiger partial charge in [-0.1, -0.05) is 30.3 Å². The van der Waals surface area contributed by atoms with Crippen LogP contribution in [0.15, 0.2) is 41.6 Å². The second-order valence-corrected chi connectivity index (χ2v) is 8.78. The number of thioether (sulfide) groups is 2. The molecule has 3 N–H and O–H groups in total. The fourth-order valence-corrected chi connectivity index (χ4v) is 5.58. The number of benzene rings is 1. The Morgan fingerprint density at radius 1 is 1.21 bits per heavy atom. The number of nitrogens with zero attached hydrogens (tertiary/aromatic N) is 1. The van der Waals surface area contributed by atoms with Gasteiger partial charge in [0.2, 0.25) is 5.91 Å². The average molecular weight is 437 g/mol. The van der Waals surface area contributed by atoms with E-state index in [0.717, 1.165) is 5.56 Å². The van der Waals surface area contributed by atoms with Crippen LogP contribution in [0.25, 0.3) is 0 Å². The molecule has 0 bridgehead atoms. The number of β-lactam (4-membered cyclic amide) rings is 1. The quantitative estimate of drug-likeness (QED) is 0.389. The van der Waals surface area contributed by atoms with Crippen LogP contribution in [0.4, 0.5) is 0 Å². The Hall–Kier alpha value is -2.46. The summed E-state index contributed by atoms with van der Waals surface area (Å²) in [7, 11) is 0. The number of carboxylic acids is 2. The minimum atomic E-state index is -1.19. The van der Waals surface area contributed by atoms with Crippen LogP contribution >= 0.6 is 23.5 Å². The molecule has 1 fully saturated rings. The molecule has 0 aliphatic carbocycles. The fraction of sp³-hybridized carbons (Fsp3) is 0.368. The van der Waals surface area contributed by atoms with Crippen molar-refractivity contribution in [3.63, 3.8) is 0 Å². The number of rotatable bonds is 9. The topological polar surface area (TPSA) is 124 Å². The predicted molar refractivity (Wildman–Crippen MR) is 109 cm³/mol. The number of aliphatic carboxylic acids is 2. The van der Waals surface area contributed by atoms with Crippen LogP contribution in [0.2, 0.25) is 0 Å². The highest BCUT2D eigenvalue weighted by Crippen LogP contribution is 2.41. The molecule has 1 aromatic carbocycles. The van der Waals surface area contributed by atoms with E-state index in [1.807, 2.05) is 30.3 Å². The highest BCUT2D eigenvalue weighted by molar-refractivity contribution is 8.01. The summed E-state index contributed by atoms with van der Waals surface area (Å²) in [5.41, 5.74) is 1.38. The van der Waals surface area contributed by atoms with Crippen molar-refractivity contribution in [2.24, 2.45) is 0 Å². The first-order valence-corrected chi connectivity index (χ1v) is 11.1. The lowest BCUT2D eigenvalue weighted by Crippen LogP contribution is -2.70. The summed E-state index contributed by atoms with van der Waals surface area (Å²) in [4.78, 5) is 48.4. The normalized spacial score (nSPS) is 20.7. The van der Waals surface area contributed by atoms with Gasteiger partial charge in [-0.15, -0.1) is 11.8 Å². The lowest BCUT2D eigenvalue weighted by molar-refractivity contribution is -0.150. The first-order valence-electron chi connectivity index (χ1n) is 8.91. The number of amides is 2. The Morgan fingerprint density at radius 3 is 2.59 bits per heavy atom. The molecule has 2 heterocycles. The number of carboxylic acid groups (broad SMARTS) is 2. The largest absolute Gasteiger partial charge is 0.481 e. The van der Waals surface area contributed by atoms with Gasteiger partial charge in [-0.3, -0.25) is 19.3 Å². The van der Waals surface area contributed by atoms with Gasteiger partial charge in [0.1, 0.15) is 17.1 Å². The molecule has 29 heavy (non-hydrogen) atoms. The summed E-state index contributed by atoms with van der Waals surface area (Å²) in [5.74, 6) is -1.68. The van der Waals surface area contributed by atoms with Crippen molar-refractivity contribution in [3.8, 4) is 0 Å². The maximum absolute atomic E-state index is 12.6. The average Bonchev–Trinajstić information content (AvgIpc) is 2.69. The van der Waals surface area contributed by atoms with Crippen molar-refractivity contribution < 1.29 is 29.4 Å². The zero-order chi connectivity index (χ0) is 21.0. The lowest BCUT2D eigenvalue weighted by atomic mass is 10.0. The summed E-state index contributed by atoms with van der Waals surface area (Å²) in [6, 6.07) is 8.41. The van der Waals surface area contributed by atoms with Gasteiger partial charge in [0.15, 0.2) is 0 Å². The van der Waals surface area contributed by atoms with Gasteiger partial charge in [-0.05, 0) is 11.1 Å². The Labute approximate surface area is 175 Å². The minimum absolute atomic E-state index is 0.00567. The van der Waals surface area contributed by atoms with E-state index in [1.165, 1.54) is 28.4 Å². The third-order valence-corrected chi connectivity index (χ3v) is 6.90. The van der Waals surface area contributed by atoms with E-state index in [1.54, 1.807) is 0 Å². The molecule has 2 aliphatic rings. The number of carbonyl (C=O) groups is 4. The van der Waals surface area contributed by atoms with Gasteiger partial charge in [-0.25, -0.2) is 4.79 Å². The molecule has 0 radical (unpaired) electrons. The molecule has 10 heteroatoms. The molecule has 8 nitrogen and oxygen atoms in total. The van der Waals surface area contributed by atoms with Gasteiger partial charge < -0.3 is 15.5 Å². The monoisotopic (exact) mass is 436 g/mol. The summed E-state index contributed by atoms with van der Waals surface area (Å²) >= 11 is 2.73. The molecule has 154 valence electrons. The predicted octanol–water partition coefficient (Wildman–Crippen LogP) is 1.18. The van der Waals surface area contributed by atoms with Crippen LogP contribution in [-0.2, 0) is 25.6 Å². The Bertz CT molecular complexity index is 858. The first kappa shape index (κ1) is 21.3. The maximum Gasteiger partial charge on any atom is 0.352 e. The number of hydrogen-bond acceptors (Lipinski definition) is 6. The molecular formula is C19H20N2O6S2. The molecule has 0 unspecified atom stereocenters. The highest BCUT2D eigenvalue weighted by atomic mass is 32.2. The van der Waals surface area contributed by atoms with Gasteiger partial charge in [0, 0.05) is 17.3 Å². The Balaban J connectivity index is 1.62. The van der Waals surface area contributed by atoms with Crippen LogP contribution in [-0.4, -0.2) is 67.5 Å². The van der Waals surface area contributed by atoms with Crippen LogP contribution < -0.4 is 5.32 Å². The molecule has 2 amide bonds. The van der Waals surface area contributed by atoms with Gasteiger partial charge in [0.25, 0.3) is 5.91 Å². The number of nitrogens with one attached hydrogen (secondary N) is 1. The van der Waals surface area contributed by atoms with E-state index in [-0.39, 0.29) is 24.4 Å². The molecular weight excluding hydrogens is 416 g/mol. The molecule has 2 aliphatic heterocycles. The van der Waals surface area contributed by atoms with Gasteiger partial charge in [-0.2, -0.15) is 11.8 Å². The Kier molecular flexibility index (Phi) is 6.86. The zero-order valence-electron chi connectivity index (χ0n) is 15.4. The van der Waals surface area contributed by atoms with E-state index in [2.05, 4.69) is 5.32 Å². The smallest absolute Gasteiger partial charge is 0.352 e. The summed E-state index contributed by atoms with van der Waals surface area (Å²) in [6.07, 6.45) is 0.142. The van der Waals surface area contributed by atoms with Crippen LogP contribution in [0.3, 0.4) is 0 Å². The van der Waals surface area contributed by atoms with Crippen LogP contribution in [0.1, 0.15) is 12.0 Å². The lowest BCUT2D eigenvalue weighted by Gasteiger charge is -2.49. The summed E-state index contributed by atoms with van der Waals surface area (Å²) in [6.45, 7) is 0. The first-order chi connectivity index (χ1) is 13.9. The number of hydrogen-bond donors (Lipinski definition) is 3. The van der Waals surface area contributed by atoms with Crippen molar-refractivity contribution in [2.75, 3.05) is 17.3 Å². The summed E-state index contributed by atoms with van der Waals surface area (Å²) in [5, 5.41) is 20.6. The third kappa shape index (κ3) is 4.94. The second kappa shape index (κ2) is 9.36. The Morgan fingerprint density at radius 2 is 1.93 bits per heavy atom. The van der Waals surface area contributed by atoms with Gasteiger partial charge in [0.05, 0.1) is 12.8 Å². The molecule has 0 saturated carbocycles. The summed E-state index contributed by atoms with van der Waals surface area (Å²) < 4.78 is 0. The maximum atomic E-state index is 12.6. The van der Waals surface area contributed by atoms with Crippen LogP contribution in [0.5, 0.6) is 0 Å². The van der Waals surface area contributed by atoms with Gasteiger partial charge >= 0.3 is 11.9 Å². The van der Waals surface area contributed by atoms with Crippen LogP contribution in [0, 0.1) is 0 Å². The third-order valence-electron chi connectivity index (χ3n) is 4.51. The molecule has 0 aromatic heterocycles. The minimum Gasteiger partial charge on any atom is -0.481 e. The van der Waals surface area contributed by atoms with Crippen molar-refractivity contribution in [3.05, 3.63) is 47.2 Å². The zero-order valence-corrected chi connectivity index (χ0v) is 17.0. The standard InChI is InChI=1S/C19H20N2O6S2/c22-13(8-11-4-2-1-3-5-11)20-15-17(25)21-16(19(26)27)12(10-29-18(15)21)9-28-7-6-14(23)24/h1-5,15,18H,6-10H2,(H,20,22)(H,23,24)(H,26,27)/t15-,18-/m1/s1. The number of fused-ring (bicyclic) bond motifs is 1. The fourth-order valence-electron chi connectivity index (χ4n) is 3.15. The van der Waals surface area contributed by atoms with Crippen molar-refractivity contribution in [1.29, 1.82) is 0 Å². The SMILES string of the molecule is O=C(O)CCSCC1=C(C(=O)O)N2C(=O)[C@@H](NC(=O)Cc3ccccc3)[C@H]2SC1. The molecule has 1 saturated heterocycles. The van der Waals surface area contributed by atoms with E-state index in [4.69, 9.17) is 5.11 Å². The van der Waals surface area contributed by atoms with Crippen molar-refractivity contribution >= 4 is 47.3 Å². The molecule has 1 aromatic rings. The molecule has 3 rings (SSSR count). The van der Waals surface area contributed by atoms with E-state index < -0.39 is 29.3 Å². The van der Waals surface area contributed by atoms with Crippen molar-refractivity contribution in [1.82, 2.24) is 10.2 Å². The highest BCUT2D eigenvalue weighted by Gasteiger charge is 2.54. The van der Waals surface area contributed by atoms with Crippen molar-refractivity contribution in [2.45, 2.75) is 24.3 Å². The van der Waals surface area contributed by atoms with E-state index in [0.29, 0.717) is 22.8 Å². The molecule has 0 spiro atoms. The molecule has 2 atom stereocenters. The second-order valence-electron chi connectivity index (χ2n) is 6.57.